The van der Waals surface area contributed by atoms with E-state index in [0.717, 1.165) is 6.07 Å². The van der Waals surface area contributed by atoms with E-state index in [-0.39, 0.29) is 16.7 Å². The average Bonchev–Trinajstić information content (AvgIpc) is 2.72. The molecule has 3 aromatic carbocycles. The third-order valence-corrected chi connectivity index (χ3v) is 4.20. The van der Waals surface area contributed by atoms with Crippen LogP contribution >= 0.6 is 0 Å². The second kappa shape index (κ2) is 8.09. The lowest BCUT2D eigenvalue weighted by molar-refractivity contribution is -0.401. The molecule has 0 unspecified atom stereocenters. The van der Waals surface area contributed by atoms with Crippen molar-refractivity contribution in [2.45, 2.75) is 0 Å². The van der Waals surface area contributed by atoms with E-state index in [2.05, 4.69) is 0 Å². The van der Waals surface area contributed by atoms with Gasteiger partial charge in [-0.3, -0.25) is 30.3 Å². The summed E-state index contributed by atoms with van der Waals surface area (Å²) in [5.41, 5.74) is -0.185. The van der Waals surface area contributed by atoms with E-state index in [1.807, 2.05) is 0 Å². The van der Waals surface area contributed by atoms with Crippen molar-refractivity contribution in [3.05, 3.63) is 120 Å². The average molecular weight is 391 g/mol. The van der Waals surface area contributed by atoms with Crippen molar-refractivity contribution in [1.29, 1.82) is 0 Å². The summed E-state index contributed by atoms with van der Waals surface area (Å²) in [5, 5.41) is 34.4. The molecule has 3 rings (SSSR count). The first kappa shape index (κ1) is 19.4. The molecular weight excluding hydrogens is 378 g/mol. The van der Waals surface area contributed by atoms with E-state index in [4.69, 9.17) is 0 Å². The van der Waals surface area contributed by atoms with Gasteiger partial charge in [0.2, 0.25) is 6.20 Å². The second-order valence-corrected chi connectivity index (χ2v) is 5.96. The van der Waals surface area contributed by atoms with Crippen LogP contribution in [0.4, 0.5) is 11.4 Å². The van der Waals surface area contributed by atoms with Crippen LogP contribution in [0, 0.1) is 30.3 Å². The van der Waals surface area contributed by atoms with Gasteiger partial charge in [0.05, 0.1) is 37.5 Å². The number of rotatable bonds is 6. The van der Waals surface area contributed by atoms with Crippen molar-refractivity contribution < 1.29 is 14.8 Å². The van der Waals surface area contributed by atoms with Gasteiger partial charge in [0, 0.05) is 0 Å². The number of benzene rings is 3. The fraction of sp³-hybridized carbons (Fsp3) is 0. The molecule has 9 heteroatoms. The highest BCUT2D eigenvalue weighted by molar-refractivity contribution is 5.89. The van der Waals surface area contributed by atoms with E-state index in [9.17, 15) is 30.3 Å². The van der Waals surface area contributed by atoms with Crippen LogP contribution in [0.25, 0.3) is 16.7 Å². The number of nitro groups is 3. The summed E-state index contributed by atoms with van der Waals surface area (Å²) >= 11 is 0. The van der Waals surface area contributed by atoms with E-state index >= 15 is 0 Å². The Bertz CT molecular complexity index is 1130. The number of nitro benzene ring substituents is 2. The first-order chi connectivity index (χ1) is 13.9. The molecule has 0 spiro atoms. The predicted octanol–water partition coefficient (Wildman–Crippen LogP) is 4.84. The molecule has 0 aromatic heterocycles. The number of hydrogen-bond donors (Lipinski definition) is 0. The lowest BCUT2D eigenvalue weighted by atomic mass is 9.92. The highest BCUT2D eigenvalue weighted by Crippen LogP contribution is 2.40. The standard InChI is InChI=1S/C20H13N3O6/c24-21(25)13-18(15-9-5-2-6-10-15)17-11-16(14-7-3-1-4-8-14)19(22(26)27)12-20(17)23(28)29/h1-13H. The van der Waals surface area contributed by atoms with Gasteiger partial charge in [-0.05, 0) is 17.2 Å². The Balaban J connectivity index is 2.38. The molecule has 0 aliphatic carbocycles. The molecule has 0 amide bonds. The molecule has 0 heterocycles. The fourth-order valence-corrected chi connectivity index (χ4v) is 2.97. The SMILES string of the molecule is O=[N+]([O-])C=C(c1ccccc1)c1cc(-c2ccccc2)c([N+](=O)[O-])cc1[N+](=O)[O-]. The van der Waals surface area contributed by atoms with Gasteiger partial charge < -0.3 is 0 Å². The van der Waals surface area contributed by atoms with Crippen LogP contribution in [0.5, 0.6) is 0 Å². The Morgan fingerprint density at radius 1 is 0.724 bits per heavy atom. The zero-order chi connectivity index (χ0) is 21.0. The summed E-state index contributed by atoms with van der Waals surface area (Å²) in [6.45, 7) is 0. The Morgan fingerprint density at radius 3 is 1.79 bits per heavy atom. The molecule has 3 aromatic rings. The highest BCUT2D eigenvalue weighted by Gasteiger charge is 2.28. The van der Waals surface area contributed by atoms with E-state index in [0.29, 0.717) is 17.3 Å². The van der Waals surface area contributed by atoms with Crippen LogP contribution in [0.3, 0.4) is 0 Å². The van der Waals surface area contributed by atoms with Crippen LogP contribution in [-0.2, 0) is 0 Å². The molecular formula is C20H13N3O6. The Labute approximate surface area is 164 Å². The van der Waals surface area contributed by atoms with Gasteiger partial charge in [-0.2, -0.15) is 0 Å². The zero-order valence-corrected chi connectivity index (χ0v) is 14.8. The number of hydrogen-bond acceptors (Lipinski definition) is 6. The lowest BCUT2D eigenvalue weighted by Crippen LogP contribution is -2.02. The van der Waals surface area contributed by atoms with Gasteiger partial charge in [-0.1, -0.05) is 60.7 Å². The highest BCUT2D eigenvalue weighted by atomic mass is 16.6. The van der Waals surface area contributed by atoms with Crippen LogP contribution in [0.2, 0.25) is 0 Å². The summed E-state index contributed by atoms with van der Waals surface area (Å²) in [7, 11) is 0. The molecule has 0 N–H and O–H groups in total. The van der Waals surface area contributed by atoms with Crippen LogP contribution in [0.1, 0.15) is 11.1 Å². The van der Waals surface area contributed by atoms with Crippen LogP contribution < -0.4 is 0 Å². The molecule has 0 radical (unpaired) electrons. The normalized spacial score (nSPS) is 11.1. The van der Waals surface area contributed by atoms with Crippen molar-refractivity contribution in [2.24, 2.45) is 0 Å². The quantitative estimate of drug-likeness (QED) is 0.437. The topological polar surface area (TPSA) is 129 Å². The van der Waals surface area contributed by atoms with Gasteiger partial charge in [0.1, 0.15) is 0 Å². The van der Waals surface area contributed by atoms with E-state index in [1.54, 1.807) is 60.7 Å². The summed E-state index contributed by atoms with van der Waals surface area (Å²) in [6.07, 6.45) is 0.665. The molecule has 0 atom stereocenters. The third kappa shape index (κ3) is 4.14. The van der Waals surface area contributed by atoms with Crippen molar-refractivity contribution in [2.75, 3.05) is 0 Å². The molecule has 29 heavy (non-hydrogen) atoms. The predicted molar refractivity (Wildman–Crippen MR) is 106 cm³/mol. The van der Waals surface area contributed by atoms with Gasteiger partial charge in [0.15, 0.2) is 0 Å². The maximum atomic E-state index is 11.7. The van der Waals surface area contributed by atoms with E-state index in [1.165, 1.54) is 6.07 Å². The van der Waals surface area contributed by atoms with Crippen LogP contribution in [-0.4, -0.2) is 14.8 Å². The van der Waals surface area contributed by atoms with Gasteiger partial charge >= 0.3 is 0 Å². The molecule has 0 aliphatic heterocycles. The van der Waals surface area contributed by atoms with Crippen molar-refractivity contribution in [1.82, 2.24) is 0 Å². The monoisotopic (exact) mass is 391 g/mol. The van der Waals surface area contributed by atoms with Crippen molar-refractivity contribution in [3.8, 4) is 11.1 Å². The Hall–Kier alpha value is -4.40. The second-order valence-electron chi connectivity index (χ2n) is 5.96. The lowest BCUT2D eigenvalue weighted by Gasteiger charge is -2.10. The smallest absolute Gasteiger partial charge is 0.259 e. The Kier molecular flexibility index (Phi) is 5.40. The summed E-state index contributed by atoms with van der Waals surface area (Å²) < 4.78 is 0. The van der Waals surface area contributed by atoms with Gasteiger partial charge in [0.25, 0.3) is 11.4 Å². The minimum Gasteiger partial charge on any atom is -0.259 e. The van der Waals surface area contributed by atoms with Crippen molar-refractivity contribution >= 4 is 16.9 Å². The minimum atomic E-state index is -0.784. The molecule has 0 fully saturated rings. The minimum absolute atomic E-state index is 0.0191. The molecule has 0 aliphatic rings. The number of nitrogens with zero attached hydrogens (tertiary/aromatic N) is 3. The third-order valence-electron chi connectivity index (χ3n) is 4.20. The first-order valence-corrected chi connectivity index (χ1v) is 8.32. The summed E-state index contributed by atoms with van der Waals surface area (Å²) in [4.78, 5) is 32.2. The molecule has 144 valence electrons. The summed E-state index contributed by atoms with van der Waals surface area (Å²) in [6, 6.07) is 18.5. The summed E-state index contributed by atoms with van der Waals surface area (Å²) in [5.74, 6) is 0. The molecule has 0 saturated carbocycles. The van der Waals surface area contributed by atoms with Gasteiger partial charge in [-0.15, -0.1) is 0 Å². The fourth-order valence-electron chi connectivity index (χ4n) is 2.97. The maximum Gasteiger partial charge on any atom is 0.284 e. The zero-order valence-electron chi connectivity index (χ0n) is 14.8. The molecule has 0 bridgehead atoms. The van der Waals surface area contributed by atoms with Crippen LogP contribution in [0.15, 0.2) is 79.0 Å². The molecule has 9 nitrogen and oxygen atoms in total. The maximum absolute atomic E-state index is 11.7. The van der Waals surface area contributed by atoms with E-state index < -0.39 is 26.1 Å². The largest absolute Gasteiger partial charge is 0.284 e. The van der Waals surface area contributed by atoms with Gasteiger partial charge in [-0.25, -0.2) is 0 Å². The molecule has 0 saturated heterocycles. The Morgan fingerprint density at radius 2 is 1.28 bits per heavy atom. The van der Waals surface area contributed by atoms with Crippen molar-refractivity contribution in [3.63, 3.8) is 0 Å². The first-order valence-electron chi connectivity index (χ1n) is 8.32.